The predicted octanol–water partition coefficient (Wildman–Crippen LogP) is 3.77. The molecule has 1 aliphatic rings. The maximum Gasteiger partial charge on any atom is 0.341 e. The van der Waals surface area contributed by atoms with E-state index in [1.54, 1.807) is 6.92 Å². The fourth-order valence-corrected chi connectivity index (χ4v) is 6.56. The Morgan fingerprint density at radius 2 is 2.00 bits per heavy atom. The molecule has 1 N–H and O–H groups in total. The summed E-state index contributed by atoms with van der Waals surface area (Å²) in [5.41, 5.74) is 2.52. The van der Waals surface area contributed by atoms with E-state index in [2.05, 4.69) is 10.3 Å². The third-order valence-electron chi connectivity index (χ3n) is 5.05. The first-order valence-electron chi connectivity index (χ1n) is 10.3. The number of fused-ring (bicyclic) bond motifs is 2. The van der Waals surface area contributed by atoms with Crippen molar-refractivity contribution in [2.75, 3.05) is 23.4 Å². The number of thiazole rings is 1. The second-order valence-electron chi connectivity index (χ2n) is 7.24. The number of anilines is 1. The number of aromatic nitrogens is 1. The van der Waals surface area contributed by atoms with Crippen LogP contribution in [0.2, 0.25) is 0 Å². The number of ether oxygens (including phenoxy) is 1. The van der Waals surface area contributed by atoms with Gasteiger partial charge in [0.1, 0.15) is 5.00 Å². The summed E-state index contributed by atoms with van der Waals surface area (Å²) in [4.78, 5) is 43.1. The van der Waals surface area contributed by atoms with E-state index >= 15 is 0 Å². The first-order chi connectivity index (χ1) is 15.5. The predicted molar refractivity (Wildman–Crippen MR) is 130 cm³/mol. The van der Waals surface area contributed by atoms with Crippen LogP contribution in [0.1, 0.15) is 34.1 Å². The molecule has 2 aromatic heterocycles. The Morgan fingerprint density at radius 1 is 1.19 bits per heavy atom. The monoisotopic (exact) mass is 489 g/mol. The van der Waals surface area contributed by atoms with Gasteiger partial charge in [-0.3, -0.25) is 9.59 Å². The Morgan fingerprint density at radius 3 is 2.78 bits per heavy atom. The van der Waals surface area contributed by atoms with Gasteiger partial charge in [-0.05, 0) is 43.9 Å². The van der Waals surface area contributed by atoms with Crippen molar-refractivity contribution in [3.8, 4) is 0 Å². The molecular weight excluding hydrogens is 466 g/mol. The molecule has 0 fully saturated rings. The van der Waals surface area contributed by atoms with Gasteiger partial charge in [0.25, 0.3) is 5.91 Å². The molecule has 1 aromatic carbocycles. The maximum atomic E-state index is 12.5. The zero-order valence-electron chi connectivity index (χ0n) is 17.8. The molecule has 4 rings (SSSR count). The average molecular weight is 490 g/mol. The van der Waals surface area contributed by atoms with E-state index in [-0.39, 0.29) is 35.9 Å². The number of thiophene rings is 1. The normalized spacial score (nSPS) is 13.4. The van der Waals surface area contributed by atoms with Crippen molar-refractivity contribution in [1.82, 2.24) is 4.57 Å². The molecule has 2 amide bonds. The molecule has 32 heavy (non-hydrogen) atoms. The molecule has 3 aromatic rings. The number of amides is 2. The molecule has 0 aliphatic heterocycles. The van der Waals surface area contributed by atoms with E-state index in [1.807, 2.05) is 35.9 Å². The summed E-state index contributed by atoms with van der Waals surface area (Å²) in [5, 5.41) is 3.39. The number of carbonyl (C=O) groups excluding carboxylic acids is 3. The molecule has 0 bridgehead atoms. The van der Waals surface area contributed by atoms with Gasteiger partial charge in [-0.2, -0.15) is 4.99 Å². The van der Waals surface area contributed by atoms with E-state index in [1.165, 1.54) is 34.4 Å². The summed E-state index contributed by atoms with van der Waals surface area (Å²) in [6, 6.07) is 7.88. The van der Waals surface area contributed by atoms with Crippen LogP contribution in [0.4, 0.5) is 5.00 Å². The topological polar surface area (TPSA) is 89.8 Å². The Balaban J connectivity index is 1.36. The minimum absolute atomic E-state index is 0.102. The molecule has 2 heterocycles. The fourth-order valence-electron chi connectivity index (χ4n) is 3.63. The lowest BCUT2D eigenvalue weighted by atomic mass is 10.1. The summed E-state index contributed by atoms with van der Waals surface area (Å²) in [7, 11) is 1.88. The lowest BCUT2D eigenvalue weighted by molar-refractivity contribution is -0.115. The molecule has 10 heteroatoms. The number of benzene rings is 1. The highest BCUT2D eigenvalue weighted by Gasteiger charge is 2.28. The van der Waals surface area contributed by atoms with Crippen LogP contribution in [0.25, 0.3) is 10.2 Å². The number of nitrogens with one attached hydrogen (secondary N) is 1. The minimum Gasteiger partial charge on any atom is -0.462 e. The summed E-state index contributed by atoms with van der Waals surface area (Å²) in [5.74, 6) is -0.717. The quantitative estimate of drug-likeness (QED) is 0.511. The summed E-state index contributed by atoms with van der Waals surface area (Å²) in [6.07, 6.45) is 2.76. The highest BCUT2D eigenvalue weighted by Crippen LogP contribution is 2.39. The van der Waals surface area contributed by atoms with Crippen molar-refractivity contribution in [2.45, 2.75) is 26.2 Å². The molecule has 0 spiro atoms. The number of esters is 1. The molecule has 0 unspecified atom stereocenters. The summed E-state index contributed by atoms with van der Waals surface area (Å²) in [6.45, 7) is 2.05. The van der Waals surface area contributed by atoms with Gasteiger partial charge >= 0.3 is 5.97 Å². The van der Waals surface area contributed by atoms with Gasteiger partial charge < -0.3 is 14.6 Å². The van der Waals surface area contributed by atoms with Crippen LogP contribution in [0.5, 0.6) is 0 Å². The molecule has 0 saturated carbocycles. The van der Waals surface area contributed by atoms with Crippen LogP contribution in [0.3, 0.4) is 0 Å². The molecule has 168 valence electrons. The lowest BCUT2D eigenvalue weighted by Crippen LogP contribution is -2.18. The van der Waals surface area contributed by atoms with Gasteiger partial charge in [0.15, 0.2) is 4.80 Å². The summed E-state index contributed by atoms with van der Waals surface area (Å²) >= 11 is 4.11. The van der Waals surface area contributed by atoms with Crippen molar-refractivity contribution in [2.24, 2.45) is 12.0 Å². The number of hydrogen-bond acceptors (Lipinski definition) is 7. The number of carbonyl (C=O) groups is 3. The van der Waals surface area contributed by atoms with Crippen molar-refractivity contribution in [1.29, 1.82) is 0 Å². The maximum absolute atomic E-state index is 12.5. The number of thioether (sulfide) groups is 1. The average Bonchev–Trinajstić information content (AvgIpc) is 3.42. The zero-order chi connectivity index (χ0) is 22.7. The Labute approximate surface area is 197 Å². The third-order valence-corrected chi connectivity index (χ3v) is 8.29. The van der Waals surface area contributed by atoms with Crippen molar-refractivity contribution in [3.05, 3.63) is 45.1 Å². The number of para-hydroxylation sites is 1. The van der Waals surface area contributed by atoms with Gasteiger partial charge in [-0.1, -0.05) is 23.5 Å². The van der Waals surface area contributed by atoms with Crippen LogP contribution in [0, 0.1) is 0 Å². The standard InChI is InChI=1S/C22H23N3O4S3/c1-3-29-21(28)19-13-7-6-10-15(13)31-20(19)23-17(26)11-30-12-18(27)24-22-25(2)14-8-4-5-9-16(14)32-22/h4-5,8-9H,3,6-7,10-12H2,1-2H3,(H,23,26). The van der Waals surface area contributed by atoms with Gasteiger partial charge in [0.2, 0.25) is 5.91 Å². The SMILES string of the molecule is CCOC(=O)c1c(NC(=O)CSCC(=O)N=c2sc3ccccc3n2C)sc2c1CCC2. The highest BCUT2D eigenvalue weighted by atomic mass is 32.2. The molecule has 0 saturated heterocycles. The number of nitrogens with zero attached hydrogens (tertiary/aromatic N) is 2. The second-order valence-corrected chi connectivity index (χ2v) is 10.3. The van der Waals surface area contributed by atoms with Crippen molar-refractivity contribution < 1.29 is 19.1 Å². The van der Waals surface area contributed by atoms with Crippen molar-refractivity contribution in [3.63, 3.8) is 0 Å². The van der Waals surface area contributed by atoms with E-state index in [0.717, 1.165) is 39.9 Å². The van der Waals surface area contributed by atoms with E-state index < -0.39 is 0 Å². The Hall–Kier alpha value is -2.43. The molecule has 7 nitrogen and oxygen atoms in total. The van der Waals surface area contributed by atoms with Gasteiger partial charge in [0, 0.05) is 11.9 Å². The summed E-state index contributed by atoms with van der Waals surface area (Å²) < 4.78 is 8.14. The van der Waals surface area contributed by atoms with Crippen LogP contribution in [-0.4, -0.2) is 40.5 Å². The number of hydrogen-bond donors (Lipinski definition) is 1. The van der Waals surface area contributed by atoms with Gasteiger partial charge in [0.05, 0.1) is 33.9 Å². The minimum atomic E-state index is -0.389. The van der Waals surface area contributed by atoms with E-state index in [4.69, 9.17) is 4.74 Å². The van der Waals surface area contributed by atoms with Crippen LogP contribution < -0.4 is 10.1 Å². The zero-order valence-corrected chi connectivity index (χ0v) is 20.3. The fraction of sp³-hybridized carbons (Fsp3) is 0.364. The number of rotatable bonds is 7. The smallest absolute Gasteiger partial charge is 0.341 e. The van der Waals surface area contributed by atoms with Crippen LogP contribution in [0.15, 0.2) is 29.3 Å². The van der Waals surface area contributed by atoms with E-state index in [0.29, 0.717) is 15.4 Å². The van der Waals surface area contributed by atoms with Gasteiger partial charge in [-0.25, -0.2) is 4.79 Å². The van der Waals surface area contributed by atoms with Crippen LogP contribution >= 0.6 is 34.4 Å². The third kappa shape index (κ3) is 4.82. The second kappa shape index (κ2) is 10.0. The largest absolute Gasteiger partial charge is 0.462 e. The first kappa shape index (κ1) is 22.8. The Kier molecular flexibility index (Phi) is 7.12. The van der Waals surface area contributed by atoms with Crippen LogP contribution in [-0.2, 0) is 34.2 Å². The van der Waals surface area contributed by atoms with Gasteiger partial charge in [-0.15, -0.1) is 23.1 Å². The molecule has 1 aliphatic carbocycles. The molecular formula is C22H23N3O4S3. The lowest BCUT2D eigenvalue weighted by Gasteiger charge is -2.07. The Bertz CT molecular complexity index is 1260. The van der Waals surface area contributed by atoms with E-state index in [9.17, 15) is 14.4 Å². The molecule has 0 atom stereocenters. The molecule has 0 radical (unpaired) electrons. The van der Waals surface area contributed by atoms with Crippen molar-refractivity contribution >= 4 is 67.4 Å². The first-order valence-corrected chi connectivity index (χ1v) is 13.1. The highest BCUT2D eigenvalue weighted by molar-refractivity contribution is 8.00. The number of aryl methyl sites for hydroxylation is 2.